The van der Waals surface area contributed by atoms with E-state index in [4.69, 9.17) is 10.6 Å². The van der Waals surface area contributed by atoms with Gasteiger partial charge in [0.15, 0.2) is 5.75 Å². The molecule has 6 nitrogen and oxygen atoms in total. The van der Waals surface area contributed by atoms with Crippen molar-refractivity contribution in [1.82, 2.24) is 0 Å². The van der Waals surface area contributed by atoms with E-state index in [1.807, 2.05) is 0 Å². The van der Waals surface area contributed by atoms with Crippen LogP contribution in [0.25, 0.3) is 0 Å². The number of hydrogen-bond donors (Lipinski definition) is 1. The number of nitrogens with two attached hydrogens (primary N) is 1. The molecule has 0 aliphatic carbocycles. The van der Waals surface area contributed by atoms with Crippen molar-refractivity contribution in [1.29, 1.82) is 0 Å². The summed E-state index contributed by atoms with van der Waals surface area (Å²) in [6.45, 7) is 2.20. The first-order valence-electron chi connectivity index (χ1n) is 3.96. The lowest BCUT2D eigenvalue weighted by molar-refractivity contribution is -0.385. The zero-order chi connectivity index (χ0) is 10.6. The first kappa shape index (κ1) is 10.3. The van der Waals surface area contributed by atoms with Crippen LogP contribution in [-0.4, -0.2) is 11.5 Å². The SMILES string of the molecule is CCOc1cc(ON)cc([N+](=O)[O-])c1. The van der Waals surface area contributed by atoms with Gasteiger partial charge in [-0.2, -0.15) is 5.90 Å². The van der Waals surface area contributed by atoms with Crippen molar-refractivity contribution in [2.75, 3.05) is 6.61 Å². The van der Waals surface area contributed by atoms with Gasteiger partial charge in [-0.05, 0) is 6.92 Å². The zero-order valence-electron chi connectivity index (χ0n) is 7.60. The summed E-state index contributed by atoms with van der Waals surface area (Å²) in [4.78, 5) is 14.4. The number of nitrogens with zero attached hydrogens (tertiary/aromatic N) is 1. The van der Waals surface area contributed by atoms with E-state index in [0.29, 0.717) is 12.4 Å². The first-order chi connectivity index (χ1) is 6.67. The summed E-state index contributed by atoms with van der Waals surface area (Å²) in [5.41, 5.74) is -0.114. The Balaban J connectivity index is 3.06. The average Bonchev–Trinajstić information content (AvgIpc) is 2.17. The molecule has 0 spiro atoms. The number of rotatable bonds is 4. The summed E-state index contributed by atoms with van der Waals surface area (Å²) in [5, 5.41) is 10.5. The molecule has 0 aliphatic rings. The van der Waals surface area contributed by atoms with Gasteiger partial charge >= 0.3 is 0 Å². The van der Waals surface area contributed by atoms with Gasteiger partial charge in [-0.25, -0.2) is 0 Å². The minimum absolute atomic E-state index is 0.114. The molecule has 6 heteroatoms. The Morgan fingerprint density at radius 3 is 2.57 bits per heavy atom. The smallest absolute Gasteiger partial charge is 0.276 e. The van der Waals surface area contributed by atoms with Crippen LogP contribution in [-0.2, 0) is 0 Å². The van der Waals surface area contributed by atoms with Crippen LogP contribution in [0.3, 0.4) is 0 Å². The number of nitro groups is 1. The Morgan fingerprint density at radius 1 is 1.43 bits per heavy atom. The van der Waals surface area contributed by atoms with Gasteiger partial charge in [-0.15, -0.1) is 0 Å². The van der Waals surface area contributed by atoms with E-state index in [-0.39, 0.29) is 11.4 Å². The van der Waals surface area contributed by atoms with Crippen LogP contribution < -0.4 is 15.5 Å². The molecule has 0 bridgehead atoms. The van der Waals surface area contributed by atoms with E-state index in [1.165, 1.54) is 18.2 Å². The molecule has 1 aromatic rings. The van der Waals surface area contributed by atoms with Gasteiger partial charge in [0.25, 0.3) is 5.69 Å². The van der Waals surface area contributed by atoms with Gasteiger partial charge < -0.3 is 9.57 Å². The molecule has 14 heavy (non-hydrogen) atoms. The molecule has 0 unspecified atom stereocenters. The van der Waals surface area contributed by atoms with Gasteiger partial charge in [0.05, 0.1) is 23.7 Å². The number of benzene rings is 1. The topological polar surface area (TPSA) is 87.6 Å². The summed E-state index contributed by atoms with van der Waals surface area (Å²) < 4.78 is 5.10. The summed E-state index contributed by atoms with van der Waals surface area (Å²) in [6.07, 6.45) is 0. The lowest BCUT2D eigenvalue weighted by Gasteiger charge is -2.04. The molecule has 0 atom stereocenters. The maximum Gasteiger partial charge on any atom is 0.276 e. The highest BCUT2D eigenvalue weighted by molar-refractivity contribution is 5.45. The molecule has 1 aromatic carbocycles. The van der Waals surface area contributed by atoms with Crippen LogP contribution in [0.1, 0.15) is 6.92 Å². The van der Waals surface area contributed by atoms with Crippen LogP contribution >= 0.6 is 0 Å². The highest BCUT2D eigenvalue weighted by atomic mass is 16.6. The zero-order valence-corrected chi connectivity index (χ0v) is 7.60. The monoisotopic (exact) mass is 198 g/mol. The fourth-order valence-corrected chi connectivity index (χ4v) is 0.980. The number of nitro benzene ring substituents is 1. The van der Waals surface area contributed by atoms with E-state index in [1.54, 1.807) is 6.92 Å². The van der Waals surface area contributed by atoms with Gasteiger partial charge in [-0.3, -0.25) is 10.1 Å². The third-order valence-corrected chi connectivity index (χ3v) is 1.52. The molecule has 0 amide bonds. The van der Waals surface area contributed by atoms with Crippen LogP contribution in [0.5, 0.6) is 11.5 Å². The molecule has 2 N–H and O–H groups in total. The number of hydrogen-bond acceptors (Lipinski definition) is 5. The number of non-ortho nitro benzene ring substituents is 1. The van der Waals surface area contributed by atoms with Crippen molar-refractivity contribution in [2.24, 2.45) is 5.90 Å². The Labute approximate surface area is 80.3 Å². The first-order valence-corrected chi connectivity index (χ1v) is 3.96. The molecule has 0 heterocycles. The summed E-state index contributed by atoms with van der Waals surface area (Å²) in [5.74, 6) is 5.47. The second-order valence-electron chi connectivity index (χ2n) is 2.47. The Hall–Kier alpha value is -1.82. The van der Waals surface area contributed by atoms with Gasteiger partial charge in [-0.1, -0.05) is 0 Å². The van der Waals surface area contributed by atoms with E-state index in [9.17, 15) is 10.1 Å². The lowest BCUT2D eigenvalue weighted by atomic mass is 10.3. The van der Waals surface area contributed by atoms with Crippen molar-refractivity contribution in [3.63, 3.8) is 0 Å². The molecule has 0 saturated heterocycles. The van der Waals surface area contributed by atoms with Crippen LogP contribution in [0.15, 0.2) is 18.2 Å². The molecule has 76 valence electrons. The van der Waals surface area contributed by atoms with Crippen molar-refractivity contribution in [3.8, 4) is 11.5 Å². The average molecular weight is 198 g/mol. The highest BCUT2D eigenvalue weighted by Gasteiger charge is 2.10. The quantitative estimate of drug-likeness (QED) is 0.581. The fourth-order valence-electron chi connectivity index (χ4n) is 0.980. The summed E-state index contributed by atoms with van der Waals surface area (Å²) >= 11 is 0. The van der Waals surface area contributed by atoms with Crippen LogP contribution in [0.2, 0.25) is 0 Å². The summed E-state index contributed by atoms with van der Waals surface area (Å²) in [7, 11) is 0. The van der Waals surface area contributed by atoms with Crippen molar-refractivity contribution < 1.29 is 14.5 Å². The van der Waals surface area contributed by atoms with Crippen LogP contribution in [0, 0.1) is 10.1 Å². The molecule has 0 radical (unpaired) electrons. The normalized spacial score (nSPS) is 9.57. The molecule has 0 aromatic heterocycles. The van der Waals surface area contributed by atoms with Crippen molar-refractivity contribution in [2.45, 2.75) is 6.92 Å². The lowest BCUT2D eigenvalue weighted by Crippen LogP contribution is -2.03. The van der Waals surface area contributed by atoms with Crippen molar-refractivity contribution in [3.05, 3.63) is 28.3 Å². The third-order valence-electron chi connectivity index (χ3n) is 1.52. The maximum absolute atomic E-state index is 10.5. The predicted octanol–water partition coefficient (Wildman–Crippen LogP) is 1.25. The standard InChI is InChI=1S/C8H10N2O4/c1-2-13-7-3-6(10(11)12)4-8(5-7)14-9/h3-5H,2,9H2,1H3. The largest absolute Gasteiger partial charge is 0.493 e. The Morgan fingerprint density at radius 2 is 2.07 bits per heavy atom. The van der Waals surface area contributed by atoms with E-state index in [0.717, 1.165) is 0 Å². The third kappa shape index (κ3) is 2.33. The minimum Gasteiger partial charge on any atom is -0.493 e. The van der Waals surface area contributed by atoms with E-state index < -0.39 is 4.92 Å². The molecular formula is C8H10N2O4. The van der Waals surface area contributed by atoms with Gasteiger partial charge in [0, 0.05) is 6.07 Å². The van der Waals surface area contributed by atoms with Crippen LogP contribution in [0.4, 0.5) is 5.69 Å². The van der Waals surface area contributed by atoms with Gasteiger partial charge in [0.1, 0.15) is 5.75 Å². The molecule has 0 fully saturated rings. The molecule has 1 rings (SSSR count). The van der Waals surface area contributed by atoms with Crippen molar-refractivity contribution >= 4 is 5.69 Å². The fraction of sp³-hybridized carbons (Fsp3) is 0.250. The predicted molar refractivity (Wildman–Crippen MR) is 49.1 cm³/mol. The second kappa shape index (κ2) is 4.43. The highest BCUT2D eigenvalue weighted by Crippen LogP contribution is 2.26. The second-order valence-corrected chi connectivity index (χ2v) is 2.47. The van der Waals surface area contributed by atoms with Gasteiger partial charge in [0.2, 0.25) is 0 Å². The summed E-state index contributed by atoms with van der Waals surface area (Å²) in [6, 6.07) is 4.02. The maximum atomic E-state index is 10.5. The number of ether oxygens (including phenoxy) is 1. The molecular weight excluding hydrogens is 188 g/mol. The molecule has 0 aliphatic heterocycles. The van der Waals surface area contributed by atoms with E-state index >= 15 is 0 Å². The Bertz CT molecular complexity index is 340. The van der Waals surface area contributed by atoms with E-state index in [2.05, 4.69) is 4.84 Å². The minimum atomic E-state index is -0.537. The molecule has 0 saturated carbocycles. The Kier molecular flexibility index (Phi) is 3.24.